The van der Waals surface area contributed by atoms with Gasteiger partial charge in [-0.05, 0) is 35.9 Å². The third-order valence-corrected chi connectivity index (χ3v) is 5.23. The summed E-state index contributed by atoms with van der Waals surface area (Å²) in [7, 11) is 0. The maximum absolute atomic E-state index is 12.3. The number of aromatic nitrogens is 1. The number of pyridine rings is 1. The van der Waals surface area contributed by atoms with Crippen molar-refractivity contribution in [3.05, 3.63) is 93.3 Å². The van der Waals surface area contributed by atoms with Crippen LogP contribution in [0.4, 0.5) is 5.69 Å². The van der Waals surface area contributed by atoms with Gasteiger partial charge in [0.2, 0.25) is 0 Å². The van der Waals surface area contributed by atoms with Crippen LogP contribution in [0.3, 0.4) is 0 Å². The van der Waals surface area contributed by atoms with E-state index >= 15 is 0 Å². The molecule has 3 rings (SSSR count). The number of carbonyl (C=O) groups excluding carboxylic acids is 1. The van der Waals surface area contributed by atoms with Crippen LogP contribution in [0.5, 0.6) is 0 Å². The van der Waals surface area contributed by atoms with E-state index in [0.717, 1.165) is 5.56 Å². The number of nitro benzene ring substituents is 1. The Balaban J connectivity index is 1.79. The van der Waals surface area contributed by atoms with Gasteiger partial charge in [-0.3, -0.25) is 19.9 Å². The molecule has 0 aliphatic heterocycles. The highest BCUT2D eigenvalue weighted by molar-refractivity contribution is 7.99. The van der Waals surface area contributed by atoms with E-state index < -0.39 is 10.8 Å². The Morgan fingerprint density at radius 2 is 1.96 bits per heavy atom. The fraction of sp³-hybridized carbons (Fsp3) is 0.0526. The molecule has 0 spiro atoms. The van der Waals surface area contributed by atoms with Crippen LogP contribution in [0.2, 0.25) is 5.02 Å². The largest absolute Gasteiger partial charge is 0.348 e. The summed E-state index contributed by atoms with van der Waals surface area (Å²) in [6.07, 6.45) is 3.29. The molecule has 0 radical (unpaired) electrons. The Bertz CT molecular complexity index is 983. The second-order valence-corrected chi connectivity index (χ2v) is 7.01. The normalized spacial score (nSPS) is 10.4. The molecule has 1 N–H and O–H groups in total. The number of nitrogens with zero attached hydrogens (tertiary/aromatic N) is 2. The summed E-state index contributed by atoms with van der Waals surface area (Å²) < 4.78 is 0. The molecule has 1 heterocycles. The lowest BCUT2D eigenvalue weighted by Gasteiger charge is -2.08. The van der Waals surface area contributed by atoms with Gasteiger partial charge in [0.05, 0.1) is 14.8 Å². The van der Waals surface area contributed by atoms with Crippen LogP contribution in [-0.2, 0) is 6.54 Å². The Kier molecular flexibility index (Phi) is 6.05. The number of rotatable bonds is 6. The lowest BCUT2D eigenvalue weighted by atomic mass is 10.2. The Morgan fingerprint density at radius 1 is 1.15 bits per heavy atom. The second-order valence-electron chi connectivity index (χ2n) is 5.52. The van der Waals surface area contributed by atoms with Crippen LogP contribution >= 0.6 is 23.4 Å². The number of benzene rings is 2. The van der Waals surface area contributed by atoms with E-state index in [1.165, 1.54) is 17.8 Å². The molecule has 1 amide bonds. The highest BCUT2D eigenvalue weighted by Gasteiger charge is 2.19. The topological polar surface area (TPSA) is 85.1 Å². The summed E-state index contributed by atoms with van der Waals surface area (Å²) >= 11 is 7.31. The van der Waals surface area contributed by atoms with Gasteiger partial charge in [0.1, 0.15) is 0 Å². The van der Waals surface area contributed by atoms with Crippen LogP contribution in [0.1, 0.15) is 15.9 Å². The third kappa shape index (κ3) is 4.84. The zero-order valence-electron chi connectivity index (χ0n) is 14.0. The first-order chi connectivity index (χ1) is 13.0. The minimum Gasteiger partial charge on any atom is -0.348 e. The molecule has 8 heteroatoms. The monoisotopic (exact) mass is 399 g/mol. The number of hydrogen-bond donors (Lipinski definition) is 1. The van der Waals surface area contributed by atoms with Gasteiger partial charge in [-0.1, -0.05) is 41.6 Å². The van der Waals surface area contributed by atoms with Crippen molar-refractivity contribution in [2.24, 2.45) is 0 Å². The zero-order chi connectivity index (χ0) is 19.2. The average Bonchev–Trinajstić information content (AvgIpc) is 2.68. The Hall–Kier alpha value is -2.90. The maximum Gasteiger partial charge on any atom is 0.284 e. The van der Waals surface area contributed by atoms with Gasteiger partial charge in [0.15, 0.2) is 0 Å². The molecule has 2 aromatic carbocycles. The van der Waals surface area contributed by atoms with Crippen molar-refractivity contribution in [3.8, 4) is 0 Å². The molecule has 0 saturated carbocycles. The van der Waals surface area contributed by atoms with E-state index in [0.29, 0.717) is 14.8 Å². The molecule has 0 bridgehead atoms. The number of carbonyl (C=O) groups is 1. The number of halogens is 1. The lowest BCUT2D eigenvalue weighted by Crippen LogP contribution is -2.22. The van der Waals surface area contributed by atoms with E-state index in [9.17, 15) is 14.9 Å². The van der Waals surface area contributed by atoms with Crippen molar-refractivity contribution in [2.75, 3.05) is 0 Å². The molecular formula is C19H14ClN3O3S. The van der Waals surface area contributed by atoms with Crippen LogP contribution < -0.4 is 5.32 Å². The quantitative estimate of drug-likeness (QED) is 0.478. The van der Waals surface area contributed by atoms with Crippen molar-refractivity contribution in [3.63, 3.8) is 0 Å². The summed E-state index contributed by atoms with van der Waals surface area (Å²) in [5.41, 5.74) is 0.911. The Labute approximate surface area is 164 Å². The van der Waals surface area contributed by atoms with Gasteiger partial charge in [-0.2, -0.15) is 0 Å². The highest BCUT2D eigenvalue weighted by atomic mass is 35.5. The van der Waals surface area contributed by atoms with Crippen molar-refractivity contribution in [2.45, 2.75) is 16.3 Å². The van der Waals surface area contributed by atoms with Crippen LogP contribution in [0.25, 0.3) is 0 Å². The van der Waals surface area contributed by atoms with Crippen molar-refractivity contribution < 1.29 is 9.72 Å². The summed E-state index contributed by atoms with van der Waals surface area (Å²) in [4.78, 5) is 28.4. The van der Waals surface area contributed by atoms with Gasteiger partial charge in [0.25, 0.3) is 11.6 Å². The van der Waals surface area contributed by atoms with Gasteiger partial charge >= 0.3 is 0 Å². The summed E-state index contributed by atoms with van der Waals surface area (Å²) in [5.74, 6) is -0.392. The van der Waals surface area contributed by atoms with Crippen molar-refractivity contribution >= 4 is 35.0 Å². The third-order valence-electron chi connectivity index (χ3n) is 3.65. The Morgan fingerprint density at radius 3 is 2.67 bits per heavy atom. The molecule has 136 valence electrons. The van der Waals surface area contributed by atoms with E-state index in [4.69, 9.17) is 11.6 Å². The fourth-order valence-electron chi connectivity index (χ4n) is 2.32. The molecule has 0 saturated heterocycles. The first-order valence-corrected chi connectivity index (χ1v) is 9.12. The molecule has 6 nitrogen and oxygen atoms in total. The van der Waals surface area contributed by atoms with Crippen molar-refractivity contribution in [1.29, 1.82) is 0 Å². The minimum absolute atomic E-state index is 0.144. The van der Waals surface area contributed by atoms with E-state index in [1.54, 1.807) is 54.9 Å². The average molecular weight is 400 g/mol. The predicted molar refractivity (Wildman–Crippen MR) is 104 cm³/mol. The summed E-state index contributed by atoms with van der Waals surface area (Å²) in [6, 6.07) is 15.1. The SMILES string of the molecule is O=C(NCc1cccnc1)c1ccc(Sc2ccccc2Cl)c([N+](=O)[O-])c1. The first kappa shape index (κ1) is 18.9. The molecule has 0 aliphatic carbocycles. The molecule has 1 aromatic heterocycles. The summed E-state index contributed by atoms with van der Waals surface area (Å²) in [6.45, 7) is 0.288. The molecule has 27 heavy (non-hydrogen) atoms. The van der Waals surface area contributed by atoms with Gasteiger partial charge < -0.3 is 5.32 Å². The zero-order valence-corrected chi connectivity index (χ0v) is 15.5. The van der Waals surface area contributed by atoms with Gasteiger partial charge in [-0.25, -0.2) is 0 Å². The van der Waals surface area contributed by atoms with Gasteiger partial charge in [0, 0.05) is 35.5 Å². The van der Waals surface area contributed by atoms with E-state index in [1.807, 2.05) is 6.07 Å². The molecule has 0 fully saturated rings. The summed E-state index contributed by atoms with van der Waals surface area (Å²) in [5, 5.41) is 14.7. The van der Waals surface area contributed by atoms with E-state index in [2.05, 4.69) is 10.3 Å². The number of nitrogens with one attached hydrogen (secondary N) is 1. The minimum atomic E-state index is -0.503. The fourth-order valence-corrected chi connectivity index (χ4v) is 3.50. The molecule has 0 aliphatic rings. The standard InChI is InChI=1S/C19H14ClN3O3S/c20-15-5-1-2-6-17(15)27-18-8-7-14(10-16(18)23(25)26)19(24)22-12-13-4-3-9-21-11-13/h1-11H,12H2,(H,22,24). The van der Waals surface area contributed by atoms with E-state index in [-0.39, 0.29) is 17.8 Å². The number of hydrogen-bond acceptors (Lipinski definition) is 5. The molecular weight excluding hydrogens is 386 g/mol. The first-order valence-electron chi connectivity index (χ1n) is 7.92. The van der Waals surface area contributed by atoms with Crippen LogP contribution in [0, 0.1) is 10.1 Å². The lowest BCUT2D eigenvalue weighted by molar-refractivity contribution is -0.387. The maximum atomic E-state index is 12.3. The van der Waals surface area contributed by atoms with Crippen LogP contribution in [0.15, 0.2) is 76.8 Å². The molecule has 0 atom stereocenters. The number of nitro groups is 1. The smallest absolute Gasteiger partial charge is 0.284 e. The van der Waals surface area contributed by atoms with Crippen molar-refractivity contribution in [1.82, 2.24) is 10.3 Å². The van der Waals surface area contributed by atoms with Crippen LogP contribution in [-0.4, -0.2) is 15.8 Å². The predicted octanol–water partition coefficient (Wildman–Crippen LogP) is 4.72. The highest BCUT2D eigenvalue weighted by Crippen LogP contribution is 2.38. The second kappa shape index (κ2) is 8.66. The van der Waals surface area contributed by atoms with Gasteiger partial charge in [-0.15, -0.1) is 0 Å². The number of amides is 1. The molecule has 3 aromatic rings. The molecule has 0 unspecified atom stereocenters.